The Kier molecular flexibility index (Phi) is 5.60. The first-order valence-electron chi connectivity index (χ1n) is 2.59. The zero-order valence-electron chi connectivity index (χ0n) is 5.32. The molecule has 0 aliphatic heterocycles. The molecule has 0 aliphatic carbocycles. The summed E-state index contributed by atoms with van der Waals surface area (Å²) in [6.07, 6.45) is 0. The Morgan fingerprint density at radius 1 is 1.20 bits per heavy atom. The van der Waals surface area contributed by atoms with Crippen LogP contribution in [0.5, 0.6) is 0 Å². The topological polar surface area (TPSA) is 37.3 Å². The molecular formula is C6H7LaO2P. The van der Waals surface area contributed by atoms with E-state index in [1.807, 2.05) is 6.07 Å². The molecule has 1 unspecified atom stereocenters. The van der Waals surface area contributed by atoms with Gasteiger partial charge in [0, 0.05) is 40.9 Å². The molecule has 0 spiro atoms. The van der Waals surface area contributed by atoms with Gasteiger partial charge in [0.15, 0.2) is 0 Å². The van der Waals surface area contributed by atoms with Gasteiger partial charge < -0.3 is 4.89 Å². The van der Waals surface area contributed by atoms with Gasteiger partial charge >= 0.3 is 0 Å². The Morgan fingerprint density at radius 3 is 2.00 bits per heavy atom. The third-order valence-electron chi connectivity index (χ3n) is 1.02. The molecule has 10 heavy (non-hydrogen) atoms. The van der Waals surface area contributed by atoms with Crippen molar-refractivity contribution in [3.05, 3.63) is 30.3 Å². The molecule has 1 aromatic rings. The van der Waals surface area contributed by atoms with E-state index in [0.717, 1.165) is 0 Å². The van der Waals surface area contributed by atoms with Gasteiger partial charge in [-0.2, -0.15) is 0 Å². The van der Waals surface area contributed by atoms with Crippen molar-refractivity contribution in [3.8, 4) is 0 Å². The van der Waals surface area contributed by atoms with Crippen molar-refractivity contribution >= 4 is 13.3 Å². The van der Waals surface area contributed by atoms with Crippen LogP contribution in [-0.4, -0.2) is 4.89 Å². The van der Waals surface area contributed by atoms with Gasteiger partial charge in [-0.1, -0.05) is 18.2 Å². The Morgan fingerprint density at radius 2 is 1.70 bits per heavy atom. The van der Waals surface area contributed by atoms with E-state index in [1.54, 1.807) is 24.3 Å². The molecule has 0 saturated heterocycles. The van der Waals surface area contributed by atoms with Crippen LogP contribution in [0.3, 0.4) is 0 Å². The SMILES string of the molecule is O=[PH](O)c1ccccc1.[La]. The normalized spacial score (nSPS) is 11.7. The van der Waals surface area contributed by atoms with Crippen molar-refractivity contribution in [2.45, 2.75) is 0 Å². The molecule has 1 aromatic carbocycles. The predicted octanol–water partition coefficient (Wildman–Crippen LogP) is 0.779. The van der Waals surface area contributed by atoms with E-state index in [-0.39, 0.29) is 35.6 Å². The van der Waals surface area contributed by atoms with Crippen LogP contribution < -0.4 is 5.30 Å². The summed E-state index contributed by atoms with van der Waals surface area (Å²) in [6.45, 7) is 0. The fourth-order valence-electron chi connectivity index (χ4n) is 0.581. The van der Waals surface area contributed by atoms with E-state index in [2.05, 4.69) is 0 Å². The average Bonchev–Trinajstić information content (AvgIpc) is 1.90. The van der Waals surface area contributed by atoms with Crippen LogP contribution in [0.15, 0.2) is 30.3 Å². The second kappa shape index (κ2) is 5.28. The van der Waals surface area contributed by atoms with Gasteiger partial charge in [-0.25, -0.2) is 0 Å². The van der Waals surface area contributed by atoms with E-state index in [1.165, 1.54) is 0 Å². The second-order valence-electron chi connectivity index (χ2n) is 1.67. The van der Waals surface area contributed by atoms with Crippen molar-refractivity contribution in [3.63, 3.8) is 0 Å². The molecule has 0 heterocycles. The predicted molar refractivity (Wildman–Crippen MR) is 37.3 cm³/mol. The molecule has 51 valence electrons. The summed E-state index contributed by atoms with van der Waals surface area (Å²) >= 11 is 0. The minimum absolute atomic E-state index is 0. The quantitative estimate of drug-likeness (QED) is 0.772. The Balaban J connectivity index is 0.000000810. The smallest absolute Gasteiger partial charge is 0.218 e. The van der Waals surface area contributed by atoms with Crippen LogP contribution in [0, 0.1) is 35.6 Å². The largest absolute Gasteiger partial charge is 0.343 e. The van der Waals surface area contributed by atoms with Gasteiger partial charge in [-0.05, 0) is 12.1 Å². The van der Waals surface area contributed by atoms with Gasteiger partial charge in [-0.3, -0.25) is 4.57 Å². The fraction of sp³-hybridized carbons (Fsp3) is 0. The monoisotopic (exact) mass is 281 g/mol. The maximum absolute atomic E-state index is 10.4. The first-order valence-corrected chi connectivity index (χ1v) is 3.94. The molecular weight excluding hydrogens is 274 g/mol. The summed E-state index contributed by atoms with van der Waals surface area (Å²) in [5.41, 5.74) is 0. The fourth-order valence-corrected chi connectivity index (χ4v) is 1.06. The molecule has 0 bridgehead atoms. The second-order valence-corrected chi connectivity index (χ2v) is 2.86. The molecule has 1 radical (unpaired) electrons. The van der Waals surface area contributed by atoms with E-state index in [9.17, 15) is 4.57 Å². The van der Waals surface area contributed by atoms with Gasteiger partial charge in [-0.15, -0.1) is 0 Å². The summed E-state index contributed by atoms with van der Waals surface area (Å²) in [5.74, 6) is 0. The van der Waals surface area contributed by atoms with Gasteiger partial charge in [0.2, 0.25) is 8.03 Å². The standard InChI is InChI=1S/C6H7O2P.La/c7-9(8)6-4-2-1-3-5-6;/h1-5,9H,(H,7,8);. The number of benzene rings is 1. The summed E-state index contributed by atoms with van der Waals surface area (Å²) in [6, 6.07) is 8.58. The van der Waals surface area contributed by atoms with Crippen LogP contribution >= 0.6 is 8.03 Å². The van der Waals surface area contributed by atoms with Crippen LogP contribution in [0.4, 0.5) is 0 Å². The number of rotatable bonds is 1. The van der Waals surface area contributed by atoms with Crippen molar-refractivity contribution in [1.29, 1.82) is 0 Å². The number of hydrogen-bond donors (Lipinski definition) is 1. The maximum Gasteiger partial charge on any atom is 0.218 e. The molecule has 4 heteroatoms. The maximum atomic E-state index is 10.4. The first-order chi connectivity index (χ1) is 4.30. The van der Waals surface area contributed by atoms with Crippen LogP contribution in [0.1, 0.15) is 0 Å². The minimum atomic E-state index is -2.46. The average molecular weight is 281 g/mol. The zero-order valence-corrected chi connectivity index (χ0v) is 9.95. The van der Waals surface area contributed by atoms with Crippen LogP contribution in [0.2, 0.25) is 0 Å². The van der Waals surface area contributed by atoms with Crippen molar-refractivity contribution in [2.75, 3.05) is 0 Å². The molecule has 1 N–H and O–H groups in total. The molecule has 0 saturated carbocycles. The minimum Gasteiger partial charge on any atom is -0.343 e. The Hall–Kier alpha value is 0.605. The molecule has 1 atom stereocenters. The number of hydrogen-bond acceptors (Lipinski definition) is 1. The Bertz CT molecular complexity index is 212. The van der Waals surface area contributed by atoms with E-state index >= 15 is 0 Å². The third-order valence-corrected chi connectivity index (χ3v) is 1.85. The molecule has 0 fully saturated rings. The third kappa shape index (κ3) is 3.13. The summed E-state index contributed by atoms with van der Waals surface area (Å²) in [5, 5.41) is 0.516. The molecule has 0 aromatic heterocycles. The van der Waals surface area contributed by atoms with Gasteiger partial charge in [0.1, 0.15) is 0 Å². The van der Waals surface area contributed by atoms with Crippen LogP contribution in [-0.2, 0) is 4.57 Å². The van der Waals surface area contributed by atoms with Crippen molar-refractivity contribution in [1.82, 2.24) is 0 Å². The van der Waals surface area contributed by atoms with Crippen molar-refractivity contribution in [2.24, 2.45) is 0 Å². The van der Waals surface area contributed by atoms with E-state index in [0.29, 0.717) is 5.30 Å². The summed E-state index contributed by atoms with van der Waals surface area (Å²) < 4.78 is 10.4. The van der Waals surface area contributed by atoms with Crippen molar-refractivity contribution < 1.29 is 45.1 Å². The summed E-state index contributed by atoms with van der Waals surface area (Å²) in [4.78, 5) is 8.57. The zero-order chi connectivity index (χ0) is 6.69. The molecule has 2 nitrogen and oxygen atoms in total. The Labute approximate surface area is 88.1 Å². The van der Waals surface area contributed by atoms with E-state index < -0.39 is 8.03 Å². The van der Waals surface area contributed by atoms with E-state index in [4.69, 9.17) is 4.89 Å². The molecule has 0 aliphatic rings. The van der Waals surface area contributed by atoms with Crippen LogP contribution in [0.25, 0.3) is 0 Å². The molecule has 0 amide bonds. The molecule has 1 rings (SSSR count). The van der Waals surface area contributed by atoms with Gasteiger partial charge in [0.25, 0.3) is 0 Å². The van der Waals surface area contributed by atoms with Gasteiger partial charge in [0.05, 0.1) is 0 Å². The summed E-state index contributed by atoms with van der Waals surface area (Å²) in [7, 11) is -2.46. The first kappa shape index (κ1) is 10.6.